The summed E-state index contributed by atoms with van der Waals surface area (Å²) in [5, 5.41) is 11.9. The molecule has 0 aliphatic carbocycles. The molecule has 0 saturated carbocycles. The van der Waals surface area contributed by atoms with Crippen molar-refractivity contribution in [3.8, 4) is 11.5 Å². The number of carboxylic acid groups (broad SMARTS) is 1. The van der Waals surface area contributed by atoms with Crippen molar-refractivity contribution < 1.29 is 9.90 Å². The van der Waals surface area contributed by atoms with Crippen LogP contribution >= 0.6 is 11.8 Å². The van der Waals surface area contributed by atoms with Crippen molar-refractivity contribution in [3.05, 3.63) is 30.5 Å². The van der Waals surface area contributed by atoms with Gasteiger partial charge in [0.2, 0.25) is 0 Å². The Kier molecular flexibility index (Phi) is 5.47. The molecule has 0 bridgehead atoms. The Morgan fingerprint density at radius 1 is 1.29 bits per heavy atom. The van der Waals surface area contributed by atoms with E-state index in [0.717, 1.165) is 30.4 Å². The zero-order chi connectivity index (χ0) is 16.8. The second-order valence-electron chi connectivity index (χ2n) is 5.32. The van der Waals surface area contributed by atoms with Crippen LogP contribution < -0.4 is 10.2 Å². The highest BCUT2D eigenvalue weighted by atomic mass is 32.2. The summed E-state index contributed by atoms with van der Waals surface area (Å²) < 4.78 is 0. The molecule has 1 saturated heterocycles. The van der Waals surface area contributed by atoms with Crippen LogP contribution in [0.4, 0.5) is 11.6 Å². The Bertz CT molecular complexity index is 692. The molecule has 0 amide bonds. The quantitative estimate of drug-likeness (QED) is 0.821. The number of nitrogens with zero attached hydrogens (tertiary/aromatic N) is 4. The van der Waals surface area contributed by atoms with Crippen molar-refractivity contribution in [2.45, 2.75) is 6.42 Å². The molecule has 1 aliphatic heterocycles. The lowest BCUT2D eigenvalue weighted by Gasteiger charge is -2.28. The Morgan fingerprint density at radius 2 is 2.12 bits per heavy atom. The Labute approximate surface area is 144 Å². The van der Waals surface area contributed by atoms with Crippen molar-refractivity contribution in [2.75, 3.05) is 41.4 Å². The van der Waals surface area contributed by atoms with Crippen LogP contribution in [0.1, 0.15) is 6.42 Å². The molecule has 126 valence electrons. The molecule has 0 unspecified atom stereocenters. The van der Waals surface area contributed by atoms with E-state index in [9.17, 15) is 4.79 Å². The summed E-state index contributed by atoms with van der Waals surface area (Å²) in [6, 6.07) is 7.49. The summed E-state index contributed by atoms with van der Waals surface area (Å²) in [5.41, 5.74) is 0.701. The Morgan fingerprint density at radius 3 is 2.83 bits per heavy atom. The molecular formula is C16H19N5O2S. The lowest BCUT2D eigenvalue weighted by atomic mass is 10.3. The summed E-state index contributed by atoms with van der Waals surface area (Å²) in [7, 11) is 0. The van der Waals surface area contributed by atoms with E-state index in [4.69, 9.17) is 5.11 Å². The maximum atomic E-state index is 10.7. The standard InChI is InChI=1S/C16H19N5O2S/c22-15(23)4-6-18-13-11-14(21-7-9-24-10-8-21)20-16(19-13)12-3-1-2-5-17-12/h1-3,5,11H,4,6-10H2,(H,22,23)(H,18,19,20). The summed E-state index contributed by atoms with van der Waals surface area (Å²) in [5.74, 6) is 3.33. The van der Waals surface area contributed by atoms with Gasteiger partial charge in [0, 0.05) is 43.4 Å². The zero-order valence-electron chi connectivity index (χ0n) is 13.2. The van der Waals surface area contributed by atoms with Crippen LogP contribution in [-0.4, -0.2) is 57.2 Å². The van der Waals surface area contributed by atoms with Crippen molar-refractivity contribution >= 4 is 29.4 Å². The molecule has 7 nitrogen and oxygen atoms in total. The predicted octanol–water partition coefficient (Wildman–Crippen LogP) is 1.98. The van der Waals surface area contributed by atoms with E-state index in [1.165, 1.54) is 0 Å². The molecule has 1 fully saturated rings. The van der Waals surface area contributed by atoms with Gasteiger partial charge in [-0.1, -0.05) is 6.07 Å². The number of aromatic nitrogens is 3. The third kappa shape index (κ3) is 4.35. The number of aliphatic carboxylic acids is 1. The van der Waals surface area contributed by atoms with E-state index in [0.29, 0.717) is 23.9 Å². The second-order valence-corrected chi connectivity index (χ2v) is 6.54. The number of rotatable bonds is 6. The van der Waals surface area contributed by atoms with Gasteiger partial charge in [-0.3, -0.25) is 9.78 Å². The zero-order valence-corrected chi connectivity index (χ0v) is 14.0. The highest BCUT2D eigenvalue weighted by Crippen LogP contribution is 2.23. The molecule has 2 N–H and O–H groups in total. The van der Waals surface area contributed by atoms with Gasteiger partial charge in [-0.2, -0.15) is 11.8 Å². The molecule has 2 aromatic rings. The maximum Gasteiger partial charge on any atom is 0.305 e. The first-order valence-corrected chi connectivity index (χ1v) is 8.97. The molecule has 24 heavy (non-hydrogen) atoms. The largest absolute Gasteiger partial charge is 0.481 e. The van der Waals surface area contributed by atoms with Crippen LogP contribution in [0.5, 0.6) is 0 Å². The van der Waals surface area contributed by atoms with Gasteiger partial charge in [-0.05, 0) is 12.1 Å². The topological polar surface area (TPSA) is 91.2 Å². The number of carbonyl (C=O) groups is 1. The van der Waals surface area contributed by atoms with Crippen LogP contribution in [0, 0.1) is 0 Å². The first-order chi connectivity index (χ1) is 11.7. The Hall–Kier alpha value is -2.35. The number of anilines is 2. The summed E-state index contributed by atoms with van der Waals surface area (Å²) in [4.78, 5) is 26.4. The predicted molar refractivity (Wildman–Crippen MR) is 95.5 cm³/mol. The monoisotopic (exact) mass is 345 g/mol. The molecule has 2 aromatic heterocycles. The maximum absolute atomic E-state index is 10.7. The van der Waals surface area contributed by atoms with E-state index >= 15 is 0 Å². The first-order valence-electron chi connectivity index (χ1n) is 7.81. The fourth-order valence-corrected chi connectivity index (χ4v) is 3.29. The molecule has 8 heteroatoms. The fourth-order valence-electron chi connectivity index (χ4n) is 2.39. The molecule has 0 spiro atoms. The van der Waals surface area contributed by atoms with Crippen LogP contribution in [0.25, 0.3) is 11.5 Å². The van der Waals surface area contributed by atoms with Crippen molar-refractivity contribution in [3.63, 3.8) is 0 Å². The van der Waals surface area contributed by atoms with Crippen molar-refractivity contribution in [2.24, 2.45) is 0 Å². The third-order valence-corrected chi connectivity index (χ3v) is 4.53. The molecule has 1 aliphatic rings. The van der Waals surface area contributed by atoms with E-state index < -0.39 is 5.97 Å². The number of nitrogens with one attached hydrogen (secondary N) is 1. The third-order valence-electron chi connectivity index (χ3n) is 3.59. The van der Waals surface area contributed by atoms with Gasteiger partial charge >= 0.3 is 5.97 Å². The van der Waals surface area contributed by atoms with Crippen LogP contribution in [-0.2, 0) is 4.79 Å². The van der Waals surface area contributed by atoms with Gasteiger partial charge in [0.15, 0.2) is 5.82 Å². The van der Waals surface area contributed by atoms with Gasteiger partial charge in [0.25, 0.3) is 0 Å². The molecule has 0 atom stereocenters. The SMILES string of the molecule is O=C(O)CCNc1cc(N2CCSCC2)nc(-c2ccccn2)n1. The normalized spacial score (nSPS) is 14.4. The summed E-state index contributed by atoms with van der Waals surface area (Å²) >= 11 is 1.94. The van der Waals surface area contributed by atoms with Gasteiger partial charge in [0.05, 0.1) is 6.42 Å². The molecule has 0 radical (unpaired) electrons. The number of pyridine rings is 1. The van der Waals surface area contributed by atoms with Crippen LogP contribution in [0.15, 0.2) is 30.5 Å². The van der Waals surface area contributed by atoms with Crippen LogP contribution in [0.3, 0.4) is 0 Å². The highest BCUT2D eigenvalue weighted by Gasteiger charge is 2.16. The minimum absolute atomic E-state index is 0.0403. The van der Waals surface area contributed by atoms with E-state index in [-0.39, 0.29) is 6.42 Å². The van der Waals surface area contributed by atoms with Crippen molar-refractivity contribution in [1.82, 2.24) is 15.0 Å². The summed E-state index contributed by atoms with van der Waals surface area (Å²) in [6.07, 6.45) is 1.75. The first kappa shape index (κ1) is 16.5. The fraction of sp³-hybridized carbons (Fsp3) is 0.375. The molecular weight excluding hydrogens is 326 g/mol. The molecule has 3 heterocycles. The lowest BCUT2D eigenvalue weighted by Crippen LogP contribution is -2.33. The average molecular weight is 345 g/mol. The minimum Gasteiger partial charge on any atom is -0.481 e. The lowest BCUT2D eigenvalue weighted by molar-refractivity contribution is -0.136. The van der Waals surface area contributed by atoms with Crippen LogP contribution in [0.2, 0.25) is 0 Å². The number of carboxylic acids is 1. The number of hydrogen-bond acceptors (Lipinski definition) is 7. The van der Waals surface area contributed by atoms with Gasteiger partial charge in [-0.15, -0.1) is 0 Å². The van der Waals surface area contributed by atoms with E-state index in [1.807, 2.05) is 36.0 Å². The van der Waals surface area contributed by atoms with E-state index in [1.54, 1.807) is 6.20 Å². The molecule has 3 rings (SSSR count). The molecule has 0 aromatic carbocycles. The van der Waals surface area contributed by atoms with Gasteiger partial charge in [-0.25, -0.2) is 9.97 Å². The minimum atomic E-state index is -0.838. The van der Waals surface area contributed by atoms with Gasteiger partial charge in [0.1, 0.15) is 17.3 Å². The smallest absolute Gasteiger partial charge is 0.305 e. The number of thioether (sulfide) groups is 1. The average Bonchev–Trinajstić information content (AvgIpc) is 2.63. The van der Waals surface area contributed by atoms with E-state index in [2.05, 4.69) is 25.2 Å². The Balaban J connectivity index is 1.88. The number of hydrogen-bond donors (Lipinski definition) is 2. The highest BCUT2D eigenvalue weighted by molar-refractivity contribution is 7.99. The second kappa shape index (κ2) is 7.96. The summed E-state index contributed by atoms with van der Waals surface area (Å²) in [6.45, 7) is 2.21. The van der Waals surface area contributed by atoms with Crippen molar-refractivity contribution in [1.29, 1.82) is 0 Å². The van der Waals surface area contributed by atoms with Gasteiger partial charge < -0.3 is 15.3 Å².